The summed E-state index contributed by atoms with van der Waals surface area (Å²) in [6.45, 7) is 0. The Bertz CT molecular complexity index is 366. The van der Waals surface area contributed by atoms with E-state index in [4.69, 9.17) is 16.9 Å². The van der Waals surface area contributed by atoms with Crippen LogP contribution in [0.5, 0.6) is 0 Å². The van der Waals surface area contributed by atoms with Crippen LogP contribution < -0.4 is 0 Å². The second-order valence-electron chi connectivity index (χ2n) is 2.89. The molecule has 0 saturated heterocycles. The van der Waals surface area contributed by atoms with Gasteiger partial charge in [-0.1, -0.05) is 11.6 Å². The lowest BCUT2D eigenvalue weighted by molar-refractivity contribution is 0.911. The monoisotopic (exact) mass is 178 g/mol. The van der Waals surface area contributed by atoms with Crippen molar-refractivity contribution < 1.29 is 0 Å². The molecule has 0 fully saturated rings. The predicted molar refractivity (Wildman–Crippen MR) is 46.0 cm³/mol. The van der Waals surface area contributed by atoms with Crippen molar-refractivity contribution in [2.24, 2.45) is 0 Å². The number of aromatic nitrogens is 1. The molecule has 1 aromatic rings. The van der Waals surface area contributed by atoms with Gasteiger partial charge in [0, 0.05) is 6.20 Å². The molecule has 0 radical (unpaired) electrons. The van der Waals surface area contributed by atoms with Gasteiger partial charge in [-0.2, -0.15) is 5.26 Å². The van der Waals surface area contributed by atoms with Crippen LogP contribution in [-0.2, 0) is 12.8 Å². The van der Waals surface area contributed by atoms with Gasteiger partial charge in [0.25, 0.3) is 0 Å². The second-order valence-corrected chi connectivity index (χ2v) is 3.27. The first kappa shape index (κ1) is 7.57. The molecule has 0 atom stereocenters. The van der Waals surface area contributed by atoms with Gasteiger partial charge in [0.05, 0.1) is 5.02 Å². The van der Waals surface area contributed by atoms with Gasteiger partial charge >= 0.3 is 0 Å². The number of nitriles is 1. The Morgan fingerprint density at radius 2 is 2.33 bits per heavy atom. The molecule has 0 saturated carbocycles. The first-order valence-electron chi connectivity index (χ1n) is 3.89. The number of rotatable bonds is 0. The van der Waals surface area contributed by atoms with Crippen molar-refractivity contribution in [1.82, 2.24) is 4.98 Å². The molecule has 1 aliphatic rings. The van der Waals surface area contributed by atoms with E-state index in [-0.39, 0.29) is 0 Å². The van der Waals surface area contributed by atoms with Crippen LogP contribution in [0, 0.1) is 11.3 Å². The minimum absolute atomic E-state index is 0.359. The lowest BCUT2D eigenvalue weighted by Gasteiger charge is -2.01. The van der Waals surface area contributed by atoms with Crippen LogP contribution in [0.15, 0.2) is 6.20 Å². The van der Waals surface area contributed by atoms with Gasteiger partial charge in [0.2, 0.25) is 0 Å². The molecule has 0 aromatic carbocycles. The molecule has 1 aromatic heterocycles. The molecule has 12 heavy (non-hydrogen) atoms. The molecule has 1 aliphatic carbocycles. The standard InChI is InChI=1S/C9H7ClN2/c10-9-7-3-1-2-6(7)5-12-8(9)4-11/h5H,1-3H2. The van der Waals surface area contributed by atoms with Crippen molar-refractivity contribution >= 4 is 11.6 Å². The van der Waals surface area contributed by atoms with Crippen LogP contribution in [0.25, 0.3) is 0 Å². The lowest BCUT2D eigenvalue weighted by atomic mass is 10.1. The van der Waals surface area contributed by atoms with E-state index in [1.165, 1.54) is 5.56 Å². The van der Waals surface area contributed by atoms with E-state index < -0.39 is 0 Å². The third-order valence-electron chi connectivity index (χ3n) is 2.19. The summed E-state index contributed by atoms with van der Waals surface area (Å²) in [6, 6.07) is 1.98. The van der Waals surface area contributed by atoms with Crippen molar-refractivity contribution in [2.45, 2.75) is 19.3 Å². The Balaban J connectivity index is 2.63. The number of fused-ring (bicyclic) bond motifs is 1. The maximum atomic E-state index is 8.65. The highest BCUT2D eigenvalue weighted by Crippen LogP contribution is 2.29. The fourth-order valence-electron chi connectivity index (χ4n) is 1.58. The SMILES string of the molecule is N#Cc1ncc2c(c1Cl)CCC2. The van der Waals surface area contributed by atoms with Crippen molar-refractivity contribution in [3.63, 3.8) is 0 Å². The average molecular weight is 179 g/mol. The maximum Gasteiger partial charge on any atom is 0.159 e. The molecule has 3 heteroatoms. The third kappa shape index (κ3) is 0.981. The highest BCUT2D eigenvalue weighted by Gasteiger charge is 2.17. The van der Waals surface area contributed by atoms with E-state index in [9.17, 15) is 0 Å². The summed E-state index contributed by atoms with van der Waals surface area (Å²) < 4.78 is 0. The third-order valence-corrected chi connectivity index (χ3v) is 2.60. The molecule has 0 spiro atoms. The summed E-state index contributed by atoms with van der Waals surface area (Å²) in [5.74, 6) is 0. The number of nitrogens with zero attached hydrogens (tertiary/aromatic N) is 2. The van der Waals surface area contributed by atoms with Crippen molar-refractivity contribution in [1.29, 1.82) is 5.26 Å². The highest BCUT2D eigenvalue weighted by molar-refractivity contribution is 6.32. The maximum absolute atomic E-state index is 8.65. The Kier molecular flexibility index (Phi) is 1.74. The first-order valence-corrected chi connectivity index (χ1v) is 4.27. The minimum Gasteiger partial charge on any atom is -0.244 e. The number of pyridine rings is 1. The summed E-state index contributed by atoms with van der Waals surface area (Å²) in [6.07, 6.45) is 4.94. The number of hydrogen-bond acceptors (Lipinski definition) is 2. The first-order chi connectivity index (χ1) is 5.83. The van der Waals surface area contributed by atoms with Gasteiger partial charge in [0.1, 0.15) is 6.07 Å². The van der Waals surface area contributed by atoms with Crippen LogP contribution in [0.4, 0.5) is 0 Å². The normalized spacial score (nSPS) is 14.0. The summed E-state index contributed by atoms with van der Waals surface area (Å²) >= 11 is 5.97. The van der Waals surface area contributed by atoms with E-state index in [2.05, 4.69) is 4.98 Å². The van der Waals surface area contributed by atoms with Crippen molar-refractivity contribution in [3.05, 3.63) is 28.0 Å². The zero-order valence-electron chi connectivity index (χ0n) is 6.47. The highest BCUT2D eigenvalue weighted by atomic mass is 35.5. The van der Waals surface area contributed by atoms with Crippen molar-refractivity contribution in [2.75, 3.05) is 0 Å². The Hall–Kier alpha value is -1.07. The molecule has 0 amide bonds. The number of halogens is 1. The molecule has 1 heterocycles. The Morgan fingerprint density at radius 1 is 1.50 bits per heavy atom. The second kappa shape index (κ2) is 2.76. The average Bonchev–Trinajstić information content (AvgIpc) is 2.53. The molecule has 0 unspecified atom stereocenters. The van der Waals surface area contributed by atoms with Gasteiger partial charge in [-0.05, 0) is 30.4 Å². The molecular formula is C9H7ClN2. The zero-order valence-corrected chi connectivity index (χ0v) is 7.23. The fourth-order valence-corrected chi connectivity index (χ4v) is 1.89. The van der Waals surface area contributed by atoms with Gasteiger partial charge in [-0.3, -0.25) is 0 Å². The minimum atomic E-state index is 0.359. The molecule has 0 aliphatic heterocycles. The van der Waals surface area contributed by atoms with Crippen LogP contribution in [0.3, 0.4) is 0 Å². The zero-order chi connectivity index (χ0) is 8.55. The molecule has 2 nitrogen and oxygen atoms in total. The largest absolute Gasteiger partial charge is 0.244 e. The van der Waals surface area contributed by atoms with Gasteiger partial charge in [0.15, 0.2) is 5.69 Å². The van der Waals surface area contributed by atoms with E-state index in [1.807, 2.05) is 6.07 Å². The van der Waals surface area contributed by atoms with Gasteiger partial charge < -0.3 is 0 Å². The molecule has 0 bridgehead atoms. The van der Waals surface area contributed by atoms with Crippen molar-refractivity contribution in [3.8, 4) is 6.07 Å². The topological polar surface area (TPSA) is 36.7 Å². The summed E-state index contributed by atoms with van der Waals surface area (Å²) in [4.78, 5) is 3.98. The number of hydrogen-bond donors (Lipinski definition) is 0. The van der Waals surface area contributed by atoms with Crippen LogP contribution in [0.2, 0.25) is 5.02 Å². The summed E-state index contributed by atoms with van der Waals surface area (Å²) in [5, 5.41) is 9.22. The lowest BCUT2D eigenvalue weighted by Crippen LogP contribution is -1.91. The molecule has 60 valence electrons. The molecule has 2 rings (SSSR count). The molecule has 0 N–H and O–H groups in total. The summed E-state index contributed by atoms with van der Waals surface area (Å²) in [7, 11) is 0. The Morgan fingerprint density at radius 3 is 3.08 bits per heavy atom. The predicted octanol–water partition coefficient (Wildman–Crippen LogP) is 2.10. The van der Waals surface area contributed by atoms with Crippen LogP contribution in [0.1, 0.15) is 23.2 Å². The Labute approximate surface area is 75.8 Å². The van der Waals surface area contributed by atoms with Gasteiger partial charge in [-0.25, -0.2) is 4.98 Å². The molecular weight excluding hydrogens is 172 g/mol. The van der Waals surface area contributed by atoms with Gasteiger partial charge in [-0.15, -0.1) is 0 Å². The summed E-state index contributed by atoms with van der Waals surface area (Å²) in [5.41, 5.74) is 2.69. The van der Waals surface area contributed by atoms with E-state index in [0.717, 1.165) is 24.8 Å². The number of aryl methyl sites for hydroxylation is 1. The van der Waals surface area contributed by atoms with Crippen LogP contribution >= 0.6 is 11.6 Å². The quantitative estimate of drug-likeness (QED) is 0.610. The smallest absolute Gasteiger partial charge is 0.159 e. The fraction of sp³-hybridized carbons (Fsp3) is 0.333. The van der Waals surface area contributed by atoms with E-state index in [0.29, 0.717) is 10.7 Å². The van der Waals surface area contributed by atoms with Crippen LogP contribution in [-0.4, -0.2) is 4.98 Å². The van der Waals surface area contributed by atoms with E-state index in [1.54, 1.807) is 6.20 Å². The van der Waals surface area contributed by atoms with E-state index >= 15 is 0 Å².